The number of piperidine rings is 1. The van der Waals surface area contributed by atoms with Crippen LogP contribution in [0, 0.1) is 18.3 Å². The van der Waals surface area contributed by atoms with Gasteiger partial charge in [0.25, 0.3) is 0 Å². The molecule has 0 aromatic heterocycles. The van der Waals surface area contributed by atoms with Gasteiger partial charge in [0.05, 0.1) is 0 Å². The van der Waals surface area contributed by atoms with Crippen molar-refractivity contribution in [3.8, 4) is 0 Å². The second-order valence-corrected chi connectivity index (χ2v) is 8.68. The van der Waals surface area contributed by atoms with Crippen molar-refractivity contribution in [3.63, 3.8) is 0 Å². The summed E-state index contributed by atoms with van der Waals surface area (Å²) >= 11 is 0. The van der Waals surface area contributed by atoms with Gasteiger partial charge >= 0.3 is 0 Å². The molecule has 2 aliphatic heterocycles. The quantitative estimate of drug-likeness (QED) is 0.770. The van der Waals surface area contributed by atoms with Crippen molar-refractivity contribution in [2.24, 2.45) is 11.3 Å². The minimum atomic E-state index is -0.730. The molecule has 0 radical (unpaired) electrons. The predicted octanol–water partition coefficient (Wildman–Crippen LogP) is 2.68. The number of carbonyl (C=O) groups excluding carboxylic acids is 2. The van der Waals surface area contributed by atoms with E-state index in [1.807, 2.05) is 9.80 Å². The molecule has 2 amide bonds. The number of hydrogen-bond donors (Lipinski definition) is 0. The molecule has 27 heavy (non-hydrogen) atoms. The van der Waals surface area contributed by atoms with Gasteiger partial charge < -0.3 is 14.7 Å². The van der Waals surface area contributed by atoms with Crippen LogP contribution in [-0.4, -0.2) is 60.9 Å². The standard InChI is InChI=1S/C22H31N3O2/c1-17-6-10-24(11-7-17)20(26)22(8-9-22)21(27)25-14-12-23(13-15-25)19-5-3-4-18(2)16-19/h3-5,16-17H,6-15H2,1-2H3. The second-order valence-electron chi connectivity index (χ2n) is 8.68. The molecule has 0 bridgehead atoms. The highest BCUT2D eigenvalue weighted by molar-refractivity contribution is 6.08. The lowest BCUT2D eigenvalue weighted by molar-refractivity contribution is -0.150. The van der Waals surface area contributed by atoms with E-state index in [0.717, 1.165) is 51.9 Å². The summed E-state index contributed by atoms with van der Waals surface area (Å²) in [7, 11) is 0. The first-order chi connectivity index (χ1) is 13.0. The molecule has 5 nitrogen and oxygen atoms in total. The Balaban J connectivity index is 1.37. The number of carbonyl (C=O) groups is 2. The van der Waals surface area contributed by atoms with Gasteiger partial charge in [-0.05, 0) is 56.2 Å². The van der Waals surface area contributed by atoms with E-state index in [2.05, 4.69) is 43.0 Å². The smallest absolute Gasteiger partial charge is 0.238 e. The molecule has 3 fully saturated rings. The van der Waals surface area contributed by atoms with E-state index in [4.69, 9.17) is 0 Å². The maximum absolute atomic E-state index is 13.2. The number of amides is 2. The van der Waals surface area contributed by atoms with Crippen LogP contribution in [0.3, 0.4) is 0 Å². The Morgan fingerprint density at radius 2 is 1.52 bits per heavy atom. The molecule has 2 saturated heterocycles. The molecule has 4 rings (SSSR count). The van der Waals surface area contributed by atoms with E-state index in [-0.39, 0.29) is 11.8 Å². The Kier molecular flexibility index (Phi) is 4.87. The lowest BCUT2D eigenvalue weighted by atomic mass is 9.96. The van der Waals surface area contributed by atoms with Gasteiger partial charge in [0.2, 0.25) is 11.8 Å². The Labute approximate surface area is 162 Å². The average molecular weight is 370 g/mol. The van der Waals surface area contributed by atoms with Crippen LogP contribution in [0.1, 0.15) is 38.2 Å². The summed E-state index contributed by atoms with van der Waals surface area (Å²) in [6.07, 6.45) is 3.58. The van der Waals surface area contributed by atoms with E-state index in [9.17, 15) is 9.59 Å². The van der Waals surface area contributed by atoms with Crippen LogP contribution in [0.15, 0.2) is 24.3 Å². The third-order valence-corrected chi connectivity index (χ3v) is 6.57. The number of hydrogen-bond acceptors (Lipinski definition) is 3. The maximum Gasteiger partial charge on any atom is 0.238 e. The van der Waals surface area contributed by atoms with Crippen LogP contribution in [0.25, 0.3) is 0 Å². The Morgan fingerprint density at radius 1 is 0.926 bits per heavy atom. The molecule has 5 heteroatoms. The highest BCUT2D eigenvalue weighted by Crippen LogP contribution is 2.49. The minimum absolute atomic E-state index is 0.0787. The highest BCUT2D eigenvalue weighted by atomic mass is 16.2. The molecule has 0 unspecified atom stereocenters. The summed E-state index contributed by atoms with van der Waals surface area (Å²) in [4.78, 5) is 32.5. The monoisotopic (exact) mass is 369 g/mol. The van der Waals surface area contributed by atoms with E-state index in [1.54, 1.807) is 0 Å². The Hall–Kier alpha value is -2.04. The lowest BCUT2D eigenvalue weighted by Crippen LogP contribution is -2.54. The summed E-state index contributed by atoms with van der Waals surface area (Å²) in [5.74, 6) is 0.866. The van der Waals surface area contributed by atoms with Gasteiger partial charge in [-0.25, -0.2) is 0 Å². The van der Waals surface area contributed by atoms with Crippen LogP contribution in [0.5, 0.6) is 0 Å². The molecule has 1 aliphatic carbocycles. The number of nitrogens with zero attached hydrogens (tertiary/aromatic N) is 3. The summed E-state index contributed by atoms with van der Waals surface area (Å²) in [5.41, 5.74) is 1.75. The van der Waals surface area contributed by atoms with E-state index in [1.165, 1.54) is 11.3 Å². The van der Waals surface area contributed by atoms with Crippen molar-refractivity contribution in [3.05, 3.63) is 29.8 Å². The molecule has 1 aromatic carbocycles. The number of aryl methyl sites for hydroxylation is 1. The first kappa shape index (κ1) is 18.3. The highest BCUT2D eigenvalue weighted by Gasteiger charge is 2.59. The minimum Gasteiger partial charge on any atom is -0.368 e. The summed E-state index contributed by atoms with van der Waals surface area (Å²) < 4.78 is 0. The molecule has 0 N–H and O–H groups in total. The summed E-state index contributed by atoms with van der Waals surface area (Å²) in [6.45, 7) is 9.06. The normalized spacial score (nSPS) is 22.7. The van der Waals surface area contributed by atoms with Crippen molar-refractivity contribution < 1.29 is 9.59 Å². The van der Waals surface area contributed by atoms with E-state index >= 15 is 0 Å². The number of anilines is 1. The molecule has 1 aromatic rings. The van der Waals surface area contributed by atoms with Gasteiger partial charge in [0.1, 0.15) is 5.41 Å². The Morgan fingerprint density at radius 3 is 2.07 bits per heavy atom. The molecule has 0 atom stereocenters. The van der Waals surface area contributed by atoms with Crippen molar-refractivity contribution in [2.45, 2.75) is 39.5 Å². The Bertz CT molecular complexity index is 712. The third-order valence-electron chi connectivity index (χ3n) is 6.57. The third kappa shape index (κ3) is 3.56. The summed E-state index contributed by atoms with van der Waals surface area (Å²) in [6, 6.07) is 8.51. The van der Waals surface area contributed by atoms with Crippen LogP contribution < -0.4 is 4.90 Å². The van der Waals surface area contributed by atoms with Crippen LogP contribution in [0.4, 0.5) is 5.69 Å². The maximum atomic E-state index is 13.2. The van der Waals surface area contributed by atoms with Gasteiger partial charge in [-0.3, -0.25) is 9.59 Å². The number of benzene rings is 1. The molecule has 2 heterocycles. The first-order valence-corrected chi connectivity index (χ1v) is 10.4. The van der Waals surface area contributed by atoms with Crippen molar-refractivity contribution >= 4 is 17.5 Å². The van der Waals surface area contributed by atoms with Crippen molar-refractivity contribution in [1.82, 2.24) is 9.80 Å². The number of rotatable bonds is 3. The van der Waals surface area contributed by atoms with E-state index < -0.39 is 5.41 Å². The van der Waals surface area contributed by atoms with Gasteiger partial charge in [-0.15, -0.1) is 0 Å². The zero-order chi connectivity index (χ0) is 19.0. The number of likely N-dealkylation sites (tertiary alicyclic amines) is 1. The zero-order valence-electron chi connectivity index (χ0n) is 16.6. The van der Waals surface area contributed by atoms with E-state index in [0.29, 0.717) is 19.0 Å². The van der Waals surface area contributed by atoms with Crippen molar-refractivity contribution in [2.75, 3.05) is 44.2 Å². The fourth-order valence-corrected chi connectivity index (χ4v) is 4.45. The van der Waals surface area contributed by atoms with Crippen molar-refractivity contribution in [1.29, 1.82) is 0 Å². The molecule has 0 spiro atoms. The van der Waals surface area contributed by atoms with Gasteiger partial charge in [-0.2, -0.15) is 0 Å². The topological polar surface area (TPSA) is 43.9 Å². The number of piperazine rings is 1. The van der Waals surface area contributed by atoms with Crippen LogP contribution >= 0.6 is 0 Å². The molecule has 3 aliphatic rings. The largest absolute Gasteiger partial charge is 0.368 e. The zero-order valence-corrected chi connectivity index (χ0v) is 16.6. The summed E-state index contributed by atoms with van der Waals surface area (Å²) in [5, 5.41) is 0. The van der Waals surface area contributed by atoms with Gasteiger partial charge in [-0.1, -0.05) is 19.1 Å². The lowest BCUT2D eigenvalue weighted by Gasteiger charge is -2.39. The second kappa shape index (κ2) is 7.17. The fraction of sp³-hybridized carbons (Fsp3) is 0.636. The predicted molar refractivity (Wildman–Crippen MR) is 107 cm³/mol. The van der Waals surface area contributed by atoms with Crippen LogP contribution in [-0.2, 0) is 9.59 Å². The molecular weight excluding hydrogens is 338 g/mol. The van der Waals surface area contributed by atoms with Gasteiger partial charge in [0.15, 0.2) is 0 Å². The van der Waals surface area contributed by atoms with Crippen LogP contribution in [0.2, 0.25) is 0 Å². The van der Waals surface area contributed by atoms with Gasteiger partial charge in [0, 0.05) is 45.0 Å². The average Bonchev–Trinajstić information content (AvgIpc) is 3.50. The first-order valence-electron chi connectivity index (χ1n) is 10.4. The molecular formula is C22H31N3O2. The SMILES string of the molecule is Cc1cccc(N2CCN(C(=O)C3(C(=O)N4CCC(C)CC4)CC3)CC2)c1. The molecule has 146 valence electrons. The fourth-order valence-electron chi connectivity index (χ4n) is 4.45. The molecule has 1 saturated carbocycles.